The minimum atomic E-state index is -3.61. The summed E-state index contributed by atoms with van der Waals surface area (Å²) >= 11 is 0. The van der Waals surface area contributed by atoms with Crippen LogP contribution < -0.4 is 5.56 Å². The molecule has 1 aliphatic heterocycles. The van der Waals surface area contributed by atoms with Gasteiger partial charge in [-0.2, -0.15) is 9.29 Å². The van der Waals surface area contributed by atoms with Gasteiger partial charge in [-0.15, -0.1) is 0 Å². The Morgan fingerprint density at radius 2 is 1.86 bits per heavy atom. The summed E-state index contributed by atoms with van der Waals surface area (Å²) in [5.74, 6) is 0.665. The minimum Gasteiger partial charge on any atom is -0.337 e. The van der Waals surface area contributed by atoms with E-state index >= 15 is 0 Å². The van der Waals surface area contributed by atoms with Gasteiger partial charge in [-0.05, 0) is 31.4 Å². The summed E-state index contributed by atoms with van der Waals surface area (Å²) in [7, 11) is -3.61. The lowest BCUT2D eigenvalue weighted by Crippen LogP contribution is -2.29. The fourth-order valence-electron chi connectivity index (χ4n) is 3.26. The SMILES string of the molecule is Cc1ccccc1-c1noc(Cn2cc(S(=O)(=O)N3CCCC3)ccc2=O)n1. The summed E-state index contributed by atoms with van der Waals surface area (Å²) in [5, 5.41) is 3.98. The topological polar surface area (TPSA) is 98.3 Å². The first-order chi connectivity index (χ1) is 13.4. The van der Waals surface area contributed by atoms with Crippen molar-refractivity contribution in [1.82, 2.24) is 19.0 Å². The van der Waals surface area contributed by atoms with Gasteiger partial charge in [-0.25, -0.2) is 8.42 Å². The minimum absolute atomic E-state index is 0.00107. The Hall–Kier alpha value is -2.78. The molecule has 0 bridgehead atoms. The maximum atomic E-state index is 12.7. The molecule has 146 valence electrons. The number of hydrogen-bond acceptors (Lipinski definition) is 6. The Bertz CT molecular complexity index is 1160. The van der Waals surface area contributed by atoms with Crippen molar-refractivity contribution in [2.24, 2.45) is 0 Å². The molecule has 0 aliphatic carbocycles. The lowest BCUT2D eigenvalue weighted by atomic mass is 10.1. The van der Waals surface area contributed by atoms with Gasteiger partial charge < -0.3 is 9.09 Å². The first-order valence-corrected chi connectivity index (χ1v) is 10.5. The molecule has 9 heteroatoms. The van der Waals surface area contributed by atoms with Gasteiger partial charge in [0.2, 0.25) is 21.7 Å². The third-order valence-corrected chi connectivity index (χ3v) is 6.70. The summed E-state index contributed by atoms with van der Waals surface area (Å²) in [6.45, 7) is 2.96. The van der Waals surface area contributed by atoms with E-state index in [9.17, 15) is 13.2 Å². The van der Waals surface area contributed by atoms with Crippen LogP contribution in [0.4, 0.5) is 0 Å². The molecule has 3 aromatic rings. The van der Waals surface area contributed by atoms with Crippen molar-refractivity contribution in [3.63, 3.8) is 0 Å². The zero-order valence-corrected chi connectivity index (χ0v) is 16.2. The zero-order chi connectivity index (χ0) is 19.7. The third-order valence-electron chi connectivity index (χ3n) is 4.82. The van der Waals surface area contributed by atoms with Crippen molar-refractivity contribution in [2.45, 2.75) is 31.2 Å². The van der Waals surface area contributed by atoms with Crippen LogP contribution >= 0.6 is 0 Å². The fraction of sp³-hybridized carbons (Fsp3) is 0.316. The summed E-state index contributed by atoms with van der Waals surface area (Å²) in [6, 6.07) is 10.2. The second-order valence-electron chi connectivity index (χ2n) is 6.77. The van der Waals surface area contributed by atoms with Gasteiger partial charge in [0.25, 0.3) is 5.56 Å². The highest BCUT2D eigenvalue weighted by molar-refractivity contribution is 7.89. The van der Waals surface area contributed by atoms with E-state index in [-0.39, 0.29) is 22.9 Å². The lowest BCUT2D eigenvalue weighted by Gasteiger charge is -2.16. The van der Waals surface area contributed by atoms with Crippen molar-refractivity contribution < 1.29 is 12.9 Å². The molecule has 28 heavy (non-hydrogen) atoms. The number of nitrogens with zero attached hydrogens (tertiary/aromatic N) is 4. The van der Waals surface area contributed by atoms with Crippen molar-refractivity contribution in [1.29, 1.82) is 0 Å². The summed E-state index contributed by atoms with van der Waals surface area (Å²) in [4.78, 5) is 16.7. The van der Waals surface area contributed by atoms with Crippen molar-refractivity contribution in [3.05, 3.63) is 64.4 Å². The average Bonchev–Trinajstić information content (AvgIpc) is 3.36. The highest BCUT2D eigenvalue weighted by Crippen LogP contribution is 2.21. The van der Waals surface area contributed by atoms with Crippen molar-refractivity contribution in [2.75, 3.05) is 13.1 Å². The van der Waals surface area contributed by atoms with E-state index in [1.165, 1.54) is 27.2 Å². The average molecular weight is 400 g/mol. The Morgan fingerprint density at radius 3 is 2.61 bits per heavy atom. The quantitative estimate of drug-likeness (QED) is 0.650. The number of sulfonamides is 1. The van der Waals surface area contributed by atoms with Crippen LogP contribution in [-0.2, 0) is 16.6 Å². The van der Waals surface area contributed by atoms with Crippen molar-refractivity contribution >= 4 is 10.0 Å². The van der Waals surface area contributed by atoms with E-state index in [4.69, 9.17) is 4.52 Å². The monoisotopic (exact) mass is 400 g/mol. The predicted molar refractivity (Wildman–Crippen MR) is 102 cm³/mol. The maximum Gasteiger partial charge on any atom is 0.251 e. The number of benzene rings is 1. The van der Waals surface area contributed by atoms with E-state index < -0.39 is 10.0 Å². The molecule has 0 saturated carbocycles. The Morgan fingerprint density at radius 1 is 1.11 bits per heavy atom. The molecule has 0 unspecified atom stereocenters. The third kappa shape index (κ3) is 3.50. The summed E-state index contributed by atoms with van der Waals surface area (Å²) in [6.07, 6.45) is 3.04. The lowest BCUT2D eigenvalue weighted by molar-refractivity contribution is 0.369. The molecule has 1 saturated heterocycles. The molecule has 8 nitrogen and oxygen atoms in total. The molecule has 3 heterocycles. The predicted octanol–water partition coefficient (Wildman–Crippen LogP) is 2.04. The van der Waals surface area contributed by atoms with Gasteiger partial charge in [0.15, 0.2) is 0 Å². The molecular formula is C19H20N4O4S. The van der Waals surface area contributed by atoms with Crippen LogP contribution in [-0.4, -0.2) is 40.5 Å². The van der Waals surface area contributed by atoms with E-state index in [2.05, 4.69) is 10.1 Å². The van der Waals surface area contributed by atoms with Crippen LogP contribution in [0.2, 0.25) is 0 Å². The highest BCUT2D eigenvalue weighted by Gasteiger charge is 2.27. The van der Waals surface area contributed by atoms with E-state index in [0.717, 1.165) is 24.0 Å². The van der Waals surface area contributed by atoms with E-state index in [0.29, 0.717) is 18.9 Å². The molecule has 1 fully saturated rings. The fourth-order valence-corrected chi connectivity index (χ4v) is 4.80. The van der Waals surface area contributed by atoms with E-state index in [1.54, 1.807) is 0 Å². The molecular weight excluding hydrogens is 380 g/mol. The largest absolute Gasteiger partial charge is 0.337 e. The molecule has 0 N–H and O–H groups in total. The van der Waals surface area contributed by atoms with Crippen LogP contribution in [0, 0.1) is 6.92 Å². The zero-order valence-electron chi connectivity index (χ0n) is 15.4. The number of rotatable bonds is 5. The second-order valence-corrected chi connectivity index (χ2v) is 8.71. The molecule has 0 atom stereocenters. The van der Waals surface area contributed by atoms with Crippen LogP contribution in [0.3, 0.4) is 0 Å². The highest BCUT2D eigenvalue weighted by atomic mass is 32.2. The standard InChI is InChI=1S/C19H20N4O4S/c1-14-6-2-3-7-16(14)19-20-17(27-21-19)13-22-12-15(8-9-18(22)24)28(25,26)23-10-4-5-11-23/h2-3,6-9,12H,4-5,10-11,13H2,1H3. The second kappa shape index (κ2) is 7.33. The number of pyridine rings is 1. The van der Waals surface area contributed by atoms with Gasteiger partial charge in [-0.3, -0.25) is 4.79 Å². The van der Waals surface area contributed by atoms with Crippen LogP contribution in [0.5, 0.6) is 0 Å². The Kier molecular flexibility index (Phi) is 4.86. The Balaban J connectivity index is 1.62. The summed E-state index contributed by atoms with van der Waals surface area (Å²) in [5.41, 5.74) is 1.51. The molecule has 2 aromatic heterocycles. The van der Waals surface area contributed by atoms with Crippen LogP contribution in [0.15, 0.2) is 56.8 Å². The van der Waals surface area contributed by atoms with Crippen molar-refractivity contribution in [3.8, 4) is 11.4 Å². The van der Waals surface area contributed by atoms with Gasteiger partial charge in [-0.1, -0.05) is 29.4 Å². The summed E-state index contributed by atoms with van der Waals surface area (Å²) < 4.78 is 33.5. The van der Waals surface area contributed by atoms with Crippen LogP contribution in [0.25, 0.3) is 11.4 Å². The molecule has 0 amide bonds. The first kappa shape index (κ1) is 18.6. The molecule has 1 aliphatic rings. The number of hydrogen-bond donors (Lipinski definition) is 0. The molecule has 0 radical (unpaired) electrons. The molecule has 4 rings (SSSR count). The van der Waals surface area contributed by atoms with Crippen LogP contribution in [0.1, 0.15) is 24.3 Å². The normalized spacial score (nSPS) is 15.2. The van der Waals surface area contributed by atoms with Gasteiger partial charge in [0.05, 0.1) is 4.90 Å². The smallest absolute Gasteiger partial charge is 0.251 e. The first-order valence-electron chi connectivity index (χ1n) is 9.04. The molecule has 1 aromatic carbocycles. The molecule has 0 spiro atoms. The van der Waals surface area contributed by atoms with Gasteiger partial charge >= 0.3 is 0 Å². The number of aryl methyl sites for hydroxylation is 1. The van der Waals surface area contributed by atoms with Gasteiger partial charge in [0.1, 0.15) is 6.54 Å². The van der Waals surface area contributed by atoms with E-state index in [1.807, 2.05) is 31.2 Å². The number of aromatic nitrogens is 3. The Labute approximate surface area is 162 Å². The van der Waals surface area contributed by atoms with Gasteiger partial charge in [0, 0.05) is 30.9 Å². The maximum absolute atomic E-state index is 12.7.